The second kappa shape index (κ2) is 7.46. The standard InChI is InChI=1S/C22H27BrO2/c1-15-9-10-19-18(12-15)21-16(8-6-4-5-7-11-23)13-17(24)14-20(21)25-22(19,2)3/h9,13-14,18-19,24H,5,7-8,10-12H2,1-3H3/t18-,19-/m1/s1. The Hall–Kier alpha value is -1.40. The molecule has 0 aromatic heterocycles. The van der Waals surface area contributed by atoms with Crippen LogP contribution in [-0.4, -0.2) is 16.0 Å². The Labute approximate surface area is 159 Å². The first kappa shape index (κ1) is 18.4. The molecule has 3 rings (SSSR count). The van der Waals surface area contributed by atoms with Crippen LogP contribution in [0.1, 0.15) is 63.5 Å². The Morgan fingerprint density at radius 3 is 2.88 bits per heavy atom. The smallest absolute Gasteiger partial charge is 0.127 e. The molecule has 2 aliphatic rings. The number of halogens is 1. The molecule has 0 unspecified atom stereocenters. The van der Waals surface area contributed by atoms with E-state index in [-0.39, 0.29) is 11.4 Å². The summed E-state index contributed by atoms with van der Waals surface area (Å²) >= 11 is 3.44. The van der Waals surface area contributed by atoms with Crippen molar-refractivity contribution in [3.05, 3.63) is 34.9 Å². The maximum atomic E-state index is 10.2. The molecule has 0 saturated carbocycles. The first-order chi connectivity index (χ1) is 11.9. The molecule has 1 aliphatic heterocycles. The third kappa shape index (κ3) is 3.90. The highest BCUT2D eigenvalue weighted by Gasteiger charge is 2.45. The zero-order chi connectivity index (χ0) is 18.0. The van der Waals surface area contributed by atoms with Crippen molar-refractivity contribution < 1.29 is 9.84 Å². The summed E-state index contributed by atoms with van der Waals surface area (Å²) in [5, 5.41) is 11.2. The van der Waals surface area contributed by atoms with E-state index in [1.54, 1.807) is 6.07 Å². The molecular formula is C22H27BrO2. The van der Waals surface area contributed by atoms with Gasteiger partial charge in [-0.3, -0.25) is 0 Å². The van der Waals surface area contributed by atoms with Crippen molar-refractivity contribution in [3.63, 3.8) is 0 Å². The molecule has 25 heavy (non-hydrogen) atoms. The number of benzene rings is 1. The number of fused-ring (bicyclic) bond motifs is 3. The van der Waals surface area contributed by atoms with Gasteiger partial charge in [0.05, 0.1) is 0 Å². The van der Waals surface area contributed by atoms with Crippen LogP contribution >= 0.6 is 15.9 Å². The molecule has 1 heterocycles. The minimum absolute atomic E-state index is 0.221. The molecule has 0 bridgehead atoms. The number of ether oxygens (including phenoxy) is 1. The SMILES string of the molecule is CC1=CC[C@@H]2[C@@H](C1)c1c(CC#CCCCBr)cc(O)cc1OC2(C)C. The summed E-state index contributed by atoms with van der Waals surface area (Å²) < 4.78 is 6.35. The molecule has 2 nitrogen and oxygen atoms in total. The number of allylic oxidation sites excluding steroid dienone is 2. The minimum atomic E-state index is -0.221. The maximum absolute atomic E-state index is 10.2. The van der Waals surface area contributed by atoms with Crippen LogP contribution in [0.25, 0.3) is 0 Å². The Balaban J connectivity index is 1.98. The summed E-state index contributed by atoms with van der Waals surface area (Å²) in [6.07, 6.45) is 7.13. The maximum Gasteiger partial charge on any atom is 0.127 e. The Morgan fingerprint density at radius 1 is 1.32 bits per heavy atom. The summed E-state index contributed by atoms with van der Waals surface area (Å²) in [5.74, 6) is 8.56. The topological polar surface area (TPSA) is 29.5 Å². The van der Waals surface area contributed by atoms with Gasteiger partial charge in [-0.25, -0.2) is 0 Å². The number of phenolic OH excluding ortho intramolecular Hbond substituents is 1. The van der Waals surface area contributed by atoms with Crippen LogP contribution in [0.15, 0.2) is 23.8 Å². The minimum Gasteiger partial charge on any atom is -0.508 e. The van der Waals surface area contributed by atoms with Crippen LogP contribution in [0.4, 0.5) is 0 Å². The van der Waals surface area contributed by atoms with Gasteiger partial charge in [0.2, 0.25) is 0 Å². The van der Waals surface area contributed by atoms with Gasteiger partial charge in [0.15, 0.2) is 0 Å². The average Bonchev–Trinajstić information content (AvgIpc) is 2.53. The van der Waals surface area contributed by atoms with Gasteiger partial charge in [0.1, 0.15) is 17.1 Å². The van der Waals surface area contributed by atoms with Crippen molar-refractivity contribution in [1.29, 1.82) is 0 Å². The highest BCUT2D eigenvalue weighted by Crippen LogP contribution is 2.53. The van der Waals surface area contributed by atoms with Gasteiger partial charge in [-0.15, -0.1) is 5.92 Å². The van der Waals surface area contributed by atoms with E-state index >= 15 is 0 Å². The fourth-order valence-corrected chi connectivity index (χ4v) is 4.50. The van der Waals surface area contributed by atoms with E-state index in [1.165, 1.54) is 11.1 Å². The lowest BCUT2D eigenvalue weighted by Crippen LogP contribution is -2.45. The lowest BCUT2D eigenvalue weighted by Gasteiger charge is -2.47. The summed E-state index contributed by atoms with van der Waals surface area (Å²) in [4.78, 5) is 0. The molecule has 2 atom stereocenters. The molecule has 1 aliphatic carbocycles. The fraction of sp³-hybridized carbons (Fsp3) is 0.545. The summed E-state index contributed by atoms with van der Waals surface area (Å²) in [7, 11) is 0. The Bertz CT molecular complexity index is 736. The van der Waals surface area contributed by atoms with Crippen LogP contribution in [0.2, 0.25) is 0 Å². The van der Waals surface area contributed by atoms with E-state index in [1.807, 2.05) is 6.07 Å². The molecule has 1 aromatic carbocycles. The van der Waals surface area contributed by atoms with Gasteiger partial charge in [-0.1, -0.05) is 33.5 Å². The monoisotopic (exact) mass is 402 g/mol. The van der Waals surface area contributed by atoms with Crippen molar-refractivity contribution in [1.82, 2.24) is 0 Å². The van der Waals surface area contributed by atoms with E-state index in [0.717, 1.165) is 42.3 Å². The molecule has 134 valence electrons. The normalized spacial score (nSPS) is 23.4. The molecule has 0 amide bonds. The van der Waals surface area contributed by atoms with Crippen molar-refractivity contribution >= 4 is 15.9 Å². The van der Waals surface area contributed by atoms with E-state index < -0.39 is 0 Å². The number of phenols is 1. The number of alkyl halides is 1. The molecule has 1 aromatic rings. The molecule has 3 heteroatoms. The van der Waals surface area contributed by atoms with Crippen LogP contribution in [0.5, 0.6) is 11.5 Å². The summed E-state index contributed by atoms with van der Waals surface area (Å²) in [6, 6.07) is 3.66. The predicted molar refractivity (Wildman–Crippen MR) is 107 cm³/mol. The van der Waals surface area contributed by atoms with Crippen molar-refractivity contribution in [2.75, 3.05) is 5.33 Å². The quantitative estimate of drug-likeness (QED) is 0.303. The molecule has 0 fully saturated rings. The van der Waals surface area contributed by atoms with Gasteiger partial charge in [-0.05, 0) is 57.6 Å². The van der Waals surface area contributed by atoms with Crippen LogP contribution in [0, 0.1) is 17.8 Å². The second-order valence-electron chi connectivity index (χ2n) is 7.75. The van der Waals surface area contributed by atoms with Crippen molar-refractivity contribution in [2.24, 2.45) is 5.92 Å². The number of hydrogen-bond acceptors (Lipinski definition) is 2. The summed E-state index contributed by atoms with van der Waals surface area (Å²) in [6.45, 7) is 6.57. The lowest BCUT2D eigenvalue weighted by molar-refractivity contribution is 0.00803. The first-order valence-electron chi connectivity index (χ1n) is 9.14. The van der Waals surface area contributed by atoms with Gasteiger partial charge in [0.25, 0.3) is 0 Å². The second-order valence-corrected chi connectivity index (χ2v) is 8.54. The molecule has 0 saturated heterocycles. The van der Waals surface area contributed by atoms with Crippen LogP contribution < -0.4 is 4.74 Å². The Kier molecular flexibility index (Phi) is 5.49. The largest absolute Gasteiger partial charge is 0.508 e. The zero-order valence-electron chi connectivity index (χ0n) is 15.4. The molecular weight excluding hydrogens is 376 g/mol. The number of hydrogen-bond donors (Lipinski definition) is 1. The Morgan fingerprint density at radius 2 is 2.12 bits per heavy atom. The molecule has 0 spiro atoms. The van der Waals surface area contributed by atoms with E-state index in [4.69, 9.17) is 4.74 Å². The fourth-order valence-electron chi connectivity index (χ4n) is 4.22. The van der Waals surface area contributed by atoms with Crippen LogP contribution in [0.3, 0.4) is 0 Å². The van der Waals surface area contributed by atoms with E-state index in [0.29, 0.717) is 18.3 Å². The first-order valence-corrected chi connectivity index (χ1v) is 10.3. The molecule has 0 radical (unpaired) electrons. The number of aromatic hydroxyl groups is 1. The highest BCUT2D eigenvalue weighted by atomic mass is 79.9. The van der Waals surface area contributed by atoms with Gasteiger partial charge < -0.3 is 9.84 Å². The van der Waals surface area contributed by atoms with Crippen LogP contribution in [-0.2, 0) is 6.42 Å². The highest BCUT2D eigenvalue weighted by molar-refractivity contribution is 9.09. The summed E-state index contributed by atoms with van der Waals surface area (Å²) in [5.41, 5.74) is 3.62. The van der Waals surface area contributed by atoms with Gasteiger partial charge in [0, 0.05) is 35.7 Å². The van der Waals surface area contributed by atoms with Crippen molar-refractivity contribution in [3.8, 4) is 23.3 Å². The van der Waals surface area contributed by atoms with E-state index in [2.05, 4.69) is 54.6 Å². The average molecular weight is 403 g/mol. The van der Waals surface area contributed by atoms with Gasteiger partial charge in [-0.2, -0.15) is 0 Å². The molecule has 1 N–H and O–H groups in total. The zero-order valence-corrected chi connectivity index (χ0v) is 16.9. The number of rotatable bonds is 3. The van der Waals surface area contributed by atoms with Gasteiger partial charge >= 0.3 is 0 Å². The lowest BCUT2D eigenvalue weighted by atomic mass is 9.66. The third-order valence-corrected chi connectivity index (χ3v) is 6.00. The predicted octanol–water partition coefficient (Wildman–Crippen LogP) is 5.72. The van der Waals surface area contributed by atoms with Crippen molar-refractivity contribution in [2.45, 2.75) is 64.4 Å². The van der Waals surface area contributed by atoms with E-state index in [9.17, 15) is 5.11 Å². The number of unbranched alkanes of at least 4 members (excludes halogenated alkanes) is 1. The third-order valence-electron chi connectivity index (χ3n) is 5.44.